The van der Waals surface area contributed by atoms with Crippen molar-refractivity contribution in [3.05, 3.63) is 97.2 Å². The molecular formula is C85H150O17P2. The van der Waals surface area contributed by atoms with E-state index in [1.807, 2.05) is 18.2 Å². The number of hydrogen-bond acceptors (Lipinski definition) is 15. The second-order valence-corrected chi connectivity index (χ2v) is 30.6. The lowest BCUT2D eigenvalue weighted by Crippen LogP contribution is -2.30. The van der Waals surface area contributed by atoms with Crippen LogP contribution in [0.1, 0.15) is 362 Å². The summed E-state index contributed by atoms with van der Waals surface area (Å²) in [7, 11) is -9.98. The van der Waals surface area contributed by atoms with Gasteiger partial charge in [-0.3, -0.25) is 37.3 Å². The Bertz CT molecular complexity index is 2350. The van der Waals surface area contributed by atoms with E-state index < -0.39 is 97.5 Å². The molecule has 0 aliphatic carbocycles. The third kappa shape index (κ3) is 76.2. The third-order valence-corrected chi connectivity index (χ3v) is 19.4. The van der Waals surface area contributed by atoms with Gasteiger partial charge in [0.05, 0.1) is 26.4 Å². The predicted molar refractivity (Wildman–Crippen MR) is 427 cm³/mol. The average Bonchev–Trinajstić information content (AvgIpc) is 0.943. The van der Waals surface area contributed by atoms with E-state index in [1.54, 1.807) is 0 Å². The molecule has 2 unspecified atom stereocenters. The number of esters is 4. The standard InChI is InChI=1S/C85H150O17P2/c1-5-9-13-17-21-25-29-33-37-38-39-40-44-48-52-56-60-64-68-72-85(90)102-81(76-96-83(88)70-66-62-58-54-50-46-42-35-31-27-23-19-15-11-7-3)78-100-104(93,94)98-74-79(86)73-97-103(91,92)99-77-80(101-84(89)71-67-63-59-55-51-47-43-36-32-28-24-20-16-12-8-4)75-95-82(87)69-65-61-57-53-49-45-41-34-30-26-22-18-14-10-6-2/h9,13,21,25,28,32-34,37,39-41,48,52,60,64,79-81,86H,5-8,10-12,14-20,22-24,26-27,29-31,35-36,38,42-47,49-51,53-59,61-63,65-78H2,1-4H3,(H,91,92)(H,93,94)/b13-9-,25-21-,32-28-,37-33-,40-39-,41-34-,52-48-,64-60-/t79-,80-,81-/m1/s1. The van der Waals surface area contributed by atoms with Crippen molar-refractivity contribution in [3.63, 3.8) is 0 Å². The van der Waals surface area contributed by atoms with Gasteiger partial charge in [0, 0.05) is 25.7 Å². The first-order valence-corrected chi connectivity index (χ1v) is 44.5. The Labute approximate surface area is 633 Å². The van der Waals surface area contributed by atoms with Crippen molar-refractivity contribution < 1.29 is 80.2 Å². The van der Waals surface area contributed by atoms with Crippen molar-refractivity contribution in [2.45, 2.75) is 380 Å². The highest BCUT2D eigenvalue weighted by Crippen LogP contribution is 2.45. The number of carbonyl (C=O) groups is 4. The van der Waals surface area contributed by atoms with E-state index in [-0.39, 0.29) is 25.7 Å². The molecule has 3 N–H and O–H groups in total. The maximum Gasteiger partial charge on any atom is 0.472 e. The summed E-state index contributed by atoms with van der Waals surface area (Å²) in [5.41, 5.74) is 0. The van der Waals surface area contributed by atoms with Gasteiger partial charge in [0.2, 0.25) is 0 Å². The molecule has 17 nitrogen and oxygen atoms in total. The molecule has 0 fully saturated rings. The zero-order valence-corrected chi connectivity index (χ0v) is 67.7. The average molecular weight is 1510 g/mol. The van der Waals surface area contributed by atoms with Crippen LogP contribution in [0.15, 0.2) is 97.2 Å². The lowest BCUT2D eigenvalue weighted by atomic mass is 10.0. The first-order valence-electron chi connectivity index (χ1n) is 41.5. The van der Waals surface area contributed by atoms with Crippen molar-refractivity contribution >= 4 is 39.5 Å². The fourth-order valence-corrected chi connectivity index (χ4v) is 12.8. The molecule has 0 aromatic heterocycles. The molecule has 5 atom stereocenters. The molecule has 0 aliphatic heterocycles. The van der Waals surface area contributed by atoms with Gasteiger partial charge < -0.3 is 33.8 Å². The van der Waals surface area contributed by atoms with Crippen LogP contribution in [0.2, 0.25) is 0 Å². The Morgan fingerprint density at radius 3 is 0.837 bits per heavy atom. The highest BCUT2D eigenvalue weighted by atomic mass is 31.2. The van der Waals surface area contributed by atoms with E-state index in [2.05, 4.69) is 107 Å². The molecule has 0 rings (SSSR count). The molecule has 104 heavy (non-hydrogen) atoms. The molecule has 0 saturated heterocycles. The molecule has 0 bridgehead atoms. The topological polar surface area (TPSA) is 237 Å². The minimum absolute atomic E-state index is 0.0282. The van der Waals surface area contributed by atoms with E-state index in [1.165, 1.54) is 135 Å². The van der Waals surface area contributed by atoms with Crippen LogP contribution >= 0.6 is 15.6 Å². The monoisotopic (exact) mass is 1510 g/mol. The molecule has 0 aliphatic rings. The second kappa shape index (κ2) is 77.1. The number of phosphoric acid groups is 2. The van der Waals surface area contributed by atoms with Gasteiger partial charge in [-0.25, -0.2) is 9.13 Å². The van der Waals surface area contributed by atoms with Crippen LogP contribution in [0.3, 0.4) is 0 Å². The minimum atomic E-state index is -5.00. The SMILES string of the molecule is CC/C=C\C/C=C\C/C=C\C/C=C\C/C=C\C/C=C\CCC(=O)O[C@H](COC(=O)CCCCCCCCCCCCCCCCC)COP(=O)(O)OC[C@H](O)COP(=O)(O)OC[C@@H](COC(=O)CCCCCCC/C=C\CCCCCCCC)OC(=O)CCCCCCCCC/C=C\CCCCCC. The minimum Gasteiger partial charge on any atom is -0.462 e. The summed E-state index contributed by atoms with van der Waals surface area (Å²) in [4.78, 5) is 73.1. The summed E-state index contributed by atoms with van der Waals surface area (Å²) in [6.07, 6.45) is 82.5. The normalized spacial score (nSPS) is 14.3. The van der Waals surface area contributed by atoms with Gasteiger partial charge in [-0.05, 0) is 116 Å². The van der Waals surface area contributed by atoms with Crippen LogP contribution < -0.4 is 0 Å². The fraction of sp³-hybridized carbons (Fsp3) is 0.765. The fourth-order valence-electron chi connectivity index (χ4n) is 11.2. The maximum absolute atomic E-state index is 13.1. The maximum atomic E-state index is 13.1. The summed E-state index contributed by atoms with van der Waals surface area (Å²) in [6.45, 7) is 4.71. The number of rotatable bonds is 78. The van der Waals surface area contributed by atoms with Crippen LogP contribution in [-0.2, 0) is 65.4 Å². The van der Waals surface area contributed by atoms with Crippen molar-refractivity contribution in [2.75, 3.05) is 39.6 Å². The Morgan fingerprint density at radius 2 is 0.519 bits per heavy atom. The molecule has 0 heterocycles. The quantitative estimate of drug-likeness (QED) is 0.0169. The van der Waals surface area contributed by atoms with Crippen LogP contribution in [0.5, 0.6) is 0 Å². The van der Waals surface area contributed by atoms with Gasteiger partial charge in [0.1, 0.15) is 19.3 Å². The number of aliphatic hydroxyl groups is 1. The summed E-state index contributed by atoms with van der Waals surface area (Å²) >= 11 is 0. The molecule has 0 amide bonds. The van der Waals surface area contributed by atoms with Gasteiger partial charge in [-0.15, -0.1) is 0 Å². The van der Waals surface area contributed by atoms with Crippen molar-refractivity contribution in [3.8, 4) is 0 Å². The van der Waals surface area contributed by atoms with E-state index in [4.69, 9.17) is 37.0 Å². The third-order valence-electron chi connectivity index (χ3n) is 17.5. The number of carbonyl (C=O) groups excluding carboxylic acids is 4. The van der Waals surface area contributed by atoms with Gasteiger partial charge in [0.15, 0.2) is 12.2 Å². The molecule has 0 aromatic carbocycles. The van der Waals surface area contributed by atoms with Gasteiger partial charge >= 0.3 is 39.5 Å². The van der Waals surface area contributed by atoms with Crippen LogP contribution in [0.25, 0.3) is 0 Å². The van der Waals surface area contributed by atoms with Gasteiger partial charge in [-0.2, -0.15) is 0 Å². The Morgan fingerprint density at radius 1 is 0.279 bits per heavy atom. The van der Waals surface area contributed by atoms with E-state index in [0.717, 1.165) is 141 Å². The highest BCUT2D eigenvalue weighted by Gasteiger charge is 2.30. The zero-order valence-electron chi connectivity index (χ0n) is 65.9. The number of hydrogen-bond donors (Lipinski definition) is 3. The molecule has 0 spiro atoms. The van der Waals surface area contributed by atoms with Gasteiger partial charge in [0.25, 0.3) is 0 Å². The van der Waals surface area contributed by atoms with Crippen LogP contribution in [0, 0.1) is 0 Å². The number of aliphatic hydroxyl groups excluding tert-OH is 1. The molecule has 0 aromatic rings. The number of allylic oxidation sites excluding steroid dienone is 16. The largest absolute Gasteiger partial charge is 0.472 e. The van der Waals surface area contributed by atoms with Crippen LogP contribution in [0.4, 0.5) is 0 Å². The number of ether oxygens (including phenoxy) is 4. The van der Waals surface area contributed by atoms with Crippen molar-refractivity contribution in [2.24, 2.45) is 0 Å². The van der Waals surface area contributed by atoms with Crippen molar-refractivity contribution in [1.29, 1.82) is 0 Å². The smallest absolute Gasteiger partial charge is 0.462 e. The summed E-state index contributed by atoms with van der Waals surface area (Å²) in [6, 6.07) is 0. The Kier molecular flexibility index (Phi) is 74.2. The summed E-state index contributed by atoms with van der Waals surface area (Å²) < 4.78 is 68.6. The molecule has 19 heteroatoms. The Hall–Kier alpha value is -4.02. The second-order valence-electron chi connectivity index (χ2n) is 27.7. The Balaban J connectivity index is 5.42. The predicted octanol–water partition coefficient (Wildman–Crippen LogP) is 24.3. The number of unbranched alkanes of at least 4 members (excludes halogenated alkanes) is 36. The molecule has 0 saturated carbocycles. The van der Waals surface area contributed by atoms with Crippen LogP contribution in [-0.4, -0.2) is 96.7 Å². The van der Waals surface area contributed by atoms with E-state index in [9.17, 15) is 43.2 Å². The lowest BCUT2D eigenvalue weighted by Gasteiger charge is -2.21. The zero-order chi connectivity index (χ0) is 76.0. The molecular weight excluding hydrogens is 1350 g/mol. The number of phosphoric ester groups is 2. The highest BCUT2D eigenvalue weighted by molar-refractivity contribution is 7.47. The van der Waals surface area contributed by atoms with Gasteiger partial charge in [-0.1, -0.05) is 318 Å². The molecule has 0 radical (unpaired) electrons. The summed E-state index contributed by atoms with van der Waals surface area (Å²) in [5.74, 6) is -2.26. The first kappa shape index (κ1) is 100.0. The van der Waals surface area contributed by atoms with E-state index >= 15 is 0 Å². The summed E-state index contributed by atoms with van der Waals surface area (Å²) in [5, 5.41) is 10.7. The first-order chi connectivity index (χ1) is 50.7. The van der Waals surface area contributed by atoms with E-state index in [0.29, 0.717) is 32.1 Å². The molecule has 602 valence electrons. The van der Waals surface area contributed by atoms with Crippen molar-refractivity contribution in [1.82, 2.24) is 0 Å². The lowest BCUT2D eigenvalue weighted by molar-refractivity contribution is -0.161.